The van der Waals surface area contributed by atoms with Gasteiger partial charge in [0.05, 0.1) is 4.90 Å². The second kappa shape index (κ2) is 7.31. The Morgan fingerprint density at radius 3 is 2.19 bits per heavy atom. The molecule has 0 spiro atoms. The van der Waals surface area contributed by atoms with Crippen LogP contribution < -0.4 is 4.72 Å². The molecule has 142 valence electrons. The zero-order valence-electron chi connectivity index (χ0n) is 15.2. The maximum Gasteiger partial charge on any atom is 0.254 e. The van der Waals surface area contributed by atoms with Crippen molar-refractivity contribution in [1.82, 2.24) is 9.62 Å². The van der Waals surface area contributed by atoms with Gasteiger partial charge in [0.2, 0.25) is 10.0 Å². The number of benzene rings is 1. The molecule has 1 amide bonds. The van der Waals surface area contributed by atoms with Crippen molar-refractivity contribution in [3.05, 3.63) is 29.8 Å². The van der Waals surface area contributed by atoms with Gasteiger partial charge in [0.25, 0.3) is 5.91 Å². The van der Waals surface area contributed by atoms with Crippen LogP contribution in [0.2, 0.25) is 0 Å². The van der Waals surface area contributed by atoms with Gasteiger partial charge in [-0.05, 0) is 56.7 Å². The summed E-state index contributed by atoms with van der Waals surface area (Å²) >= 11 is 0. The molecule has 0 saturated heterocycles. The highest BCUT2D eigenvalue weighted by atomic mass is 32.2. The first-order valence-corrected chi connectivity index (χ1v) is 11.5. The number of carbonyl (C=O) groups excluding carboxylic acids is 1. The van der Waals surface area contributed by atoms with E-state index in [4.69, 9.17) is 0 Å². The number of nitrogens with one attached hydrogen (secondary N) is 1. The molecule has 1 aromatic rings. The summed E-state index contributed by atoms with van der Waals surface area (Å²) in [5.41, 5.74) is 0.498. The first kappa shape index (κ1) is 18.0. The molecule has 0 aromatic heterocycles. The summed E-state index contributed by atoms with van der Waals surface area (Å²) in [7, 11) is -3.57. The van der Waals surface area contributed by atoms with Crippen molar-refractivity contribution in [3.63, 3.8) is 0 Å². The van der Waals surface area contributed by atoms with Gasteiger partial charge >= 0.3 is 0 Å². The zero-order valence-corrected chi connectivity index (χ0v) is 16.0. The summed E-state index contributed by atoms with van der Waals surface area (Å²) in [5, 5.41) is 0. The lowest BCUT2D eigenvalue weighted by Crippen LogP contribution is -2.40. The van der Waals surface area contributed by atoms with E-state index in [1.54, 1.807) is 24.3 Å². The predicted octanol–water partition coefficient (Wildman–Crippen LogP) is 3.45. The molecular weight excluding hydrogens is 348 g/mol. The normalized spacial score (nSPS) is 22.0. The van der Waals surface area contributed by atoms with Crippen molar-refractivity contribution < 1.29 is 13.2 Å². The van der Waals surface area contributed by atoms with Crippen LogP contribution in [0.3, 0.4) is 0 Å². The number of rotatable bonds is 6. The van der Waals surface area contributed by atoms with E-state index in [0.29, 0.717) is 17.6 Å². The molecule has 0 unspecified atom stereocenters. The van der Waals surface area contributed by atoms with Gasteiger partial charge < -0.3 is 4.90 Å². The number of hydrogen-bond donors (Lipinski definition) is 1. The average molecular weight is 377 g/mol. The van der Waals surface area contributed by atoms with Crippen LogP contribution in [0.4, 0.5) is 0 Å². The number of carbonyl (C=O) groups is 1. The molecule has 26 heavy (non-hydrogen) atoms. The molecule has 0 aliphatic heterocycles. The summed E-state index contributed by atoms with van der Waals surface area (Å²) in [6, 6.07) is 7.29. The third-order valence-electron chi connectivity index (χ3n) is 5.96. The van der Waals surface area contributed by atoms with E-state index < -0.39 is 10.0 Å². The molecule has 3 aliphatic rings. The van der Waals surface area contributed by atoms with Gasteiger partial charge in [0.1, 0.15) is 0 Å². The monoisotopic (exact) mass is 376 g/mol. The van der Waals surface area contributed by atoms with Gasteiger partial charge in [-0.1, -0.05) is 31.7 Å². The first-order chi connectivity index (χ1) is 12.5. The molecule has 1 N–H and O–H groups in total. The minimum Gasteiger partial charge on any atom is -0.333 e. The van der Waals surface area contributed by atoms with Crippen molar-refractivity contribution >= 4 is 15.9 Å². The summed E-state index contributed by atoms with van der Waals surface area (Å²) in [6.45, 7) is 0. The molecular formula is C20H28N2O3S. The third-order valence-corrected chi connectivity index (χ3v) is 7.48. The summed E-state index contributed by atoms with van der Waals surface area (Å²) in [5.74, 6) is -0.00248. The minimum atomic E-state index is -3.57. The van der Waals surface area contributed by atoms with Crippen LogP contribution >= 0.6 is 0 Å². The standard InChI is InChI=1S/C20H28N2O3S/c23-20(22(18-12-13-18)17-9-3-4-10-17)15-6-5-11-19(14-15)26(24,25)21-16-7-1-2-8-16/h5-6,11,14,16-18,21H,1-4,7-10,12-13H2. The molecule has 1 aromatic carbocycles. The van der Waals surface area contributed by atoms with E-state index in [0.717, 1.165) is 51.4 Å². The lowest BCUT2D eigenvalue weighted by molar-refractivity contribution is 0.0664. The number of amides is 1. The average Bonchev–Trinajstić information content (AvgIpc) is 3.09. The van der Waals surface area contributed by atoms with Gasteiger partial charge in [-0.2, -0.15) is 0 Å². The lowest BCUT2D eigenvalue weighted by atomic mass is 10.1. The van der Waals surface area contributed by atoms with Gasteiger partial charge in [0, 0.05) is 23.7 Å². The minimum absolute atomic E-state index is 0.00248. The quantitative estimate of drug-likeness (QED) is 0.827. The SMILES string of the molecule is O=C(c1cccc(S(=O)(=O)NC2CCCC2)c1)N(C1CCCC1)C1CC1. The van der Waals surface area contributed by atoms with Gasteiger partial charge in [-0.15, -0.1) is 0 Å². The van der Waals surface area contributed by atoms with Crippen molar-refractivity contribution in [2.24, 2.45) is 0 Å². The Kier molecular flexibility index (Phi) is 5.06. The second-order valence-corrected chi connectivity index (χ2v) is 9.73. The molecule has 3 aliphatic carbocycles. The maximum atomic E-state index is 13.1. The van der Waals surface area contributed by atoms with Crippen LogP contribution in [0.25, 0.3) is 0 Å². The van der Waals surface area contributed by atoms with E-state index in [1.807, 2.05) is 4.90 Å². The van der Waals surface area contributed by atoms with Crippen LogP contribution in [0.15, 0.2) is 29.2 Å². The molecule has 3 fully saturated rings. The summed E-state index contributed by atoms with van der Waals surface area (Å²) in [4.78, 5) is 15.4. The van der Waals surface area contributed by atoms with E-state index in [9.17, 15) is 13.2 Å². The van der Waals surface area contributed by atoms with Gasteiger partial charge in [-0.25, -0.2) is 13.1 Å². The Labute approximate surface area is 156 Å². The van der Waals surface area contributed by atoms with Crippen LogP contribution in [0.1, 0.15) is 74.6 Å². The second-order valence-electron chi connectivity index (χ2n) is 8.01. The highest BCUT2D eigenvalue weighted by Crippen LogP contribution is 2.35. The fourth-order valence-electron chi connectivity index (χ4n) is 4.44. The van der Waals surface area contributed by atoms with Crippen molar-refractivity contribution in [1.29, 1.82) is 0 Å². The van der Waals surface area contributed by atoms with E-state index in [1.165, 1.54) is 12.8 Å². The fourth-order valence-corrected chi connectivity index (χ4v) is 5.79. The molecule has 0 radical (unpaired) electrons. The van der Waals surface area contributed by atoms with Crippen molar-refractivity contribution in [3.8, 4) is 0 Å². The molecule has 5 nitrogen and oxygen atoms in total. The Morgan fingerprint density at radius 2 is 1.54 bits per heavy atom. The summed E-state index contributed by atoms with van der Waals surface area (Å²) < 4.78 is 28.2. The lowest BCUT2D eigenvalue weighted by Gasteiger charge is -2.29. The van der Waals surface area contributed by atoms with Gasteiger partial charge in [-0.3, -0.25) is 4.79 Å². The van der Waals surface area contributed by atoms with E-state index in [-0.39, 0.29) is 16.8 Å². The molecule has 0 bridgehead atoms. The van der Waals surface area contributed by atoms with Crippen LogP contribution in [-0.2, 0) is 10.0 Å². The zero-order chi connectivity index (χ0) is 18.1. The van der Waals surface area contributed by atoms with Crippen LogP contribution in [-0.4, -0.2) is 37.4 Å². The Balaban J connectivity index is 1.55. The highest BCUT2D eigenvalue weighted by Gasteiger charge is 2.38. The Morgan fingerprint density at radius 1 is 0.923 bits per heavy atom. The number of hydrogen-bond acceptors (Lipinski definition) is 3. The topological polar surface area (TPSA) is 66.5 Å². The molecule has 4 rings (SSSR count). The molecule has 0 heterocycles. The molecule has 3 saturated carbocycles. The van der Waals surface area contributed by atoms with Crippen LogP contribution in [0, 0.1) is 0 Å². The predicted molar refractivity (Wildman–Crippen MR) is 100 cm³/mol. The number of sulfonamides is 1. The van der Waals surface area contributed by atoms with E-state index >= 15 is 0 Å². The number of nitrogens with zero attached hydrogens (tertiary/aromatic N) is 1. The first-order valence-electron chi connectivity index (χ1n) is 10.00. The van der Waals surface area contributed by atoms with E-state index in [2.05, 4.69) is 4.72 Å². The largest absolute Gasteiger partial charge is 0.333 e. The maximum absolute atomic E-state index is 13.1. The third kappa shape index (κ3) is 3.81. The smallest absolute Gasteiger partial charge is 0.254 e. The molecule has 6 heteroatoms. The molecule has 0 atom stereocenters. The van der Waals surface area contributed by atoms with Crippen molar-refractivity contribution in [2.45, 2.75) is 87.2 Å². The summed E-state index contributed by atoms with van der Waals surface area (Å²) in [6.07, 6.45) is 10.6. The Hall–Kier alpha value is -1.40. The Bertz CT molecular complexity index is 761. The highest BCUT2D eigenvalue weighted by molar-refractivity contribution is 7.89. The van der Waals surface area contributed by atoms with Crippen LogP contribution in [0.5, 0.6) is 0 Å². The van der Waals surface area contributed by atoms with Gasteiger partial charge in [0.15, 0.2) is 0 Å². The van der Waals surface area contributed by atoms with Crippen molar-refractivity contribution in [2.75, 3.05) is 0 Å². The fraction of sp³-hybridized carbons (Fsp3) is 0.650.